The molecule has 0 saturated carbocycles. The van der Waals surface area contributed by atoms with Crippen molar-refractivity contribution >= 4 is 33.4 Å². The average molecular weight is 622 g/mol. The normalized spacial score (nSPS) is 13.8. The number of benzene rings is 2. The van der Waals surface area contributed by atoms with E-state index < -0.39 is 50.8 Å². The average Bonchev–Trinajstić information content (AvgIpc) is 2.96. The number of thioether (sulfide) groups is 1. The zero-order chi connectivity index (χ0) is 31.1. The Labute approximate surface area is 255 Å². The Bertz CT molecular complexity index is 1210. The number of carbonyl (C=O) groups excluding carboxylic acids is 2. The largest absolute Gasteiger partial charge is 0.497 e. The summed E-state index contributed by atoms with van der Waals surface area (Å²) in [4.78, 5) is 28.2. The van der Waals surface area contributed by atoms with Crippen molar-refractivity contribution in [3.8, 4) is 5.75 Å². The highest BCUT2D eigenvalue weighted by molar-refractivity contribution is 7.99. The second-order valence-corrected chi connectivity index (χ2v) is 13.8. The Hall–Kier alpha value is -2.60. The minimum absolute atomic E-state index is 0.0629. The fraction of sp³-hybridized carbons (Fsp3) is 0.548. The van der Waals surface area contributed by atoms with E-state index in [4.69, 9.17) is 10.5 Å². The van der Waals surface area contributed by atoms with Crippen molar-refractivity contribution in [2.45, 2.75) is 75.9 Å². The number of amides is 2. The summed E-state index contributed by atoms with van der Waals surface area (Å²) in [5.74, 6) is -0.861. The van der Waals surface area contributed by atoms with Gasteiger partial charge in [0.25, 0.3) is 0 Å². The molecule has 2 rings (SSSR count). The van der Waals surface area contributed by atoms with Crippen LogP contribution in [0, 0.1) is 0 Å². The summed E-state index contributed by atoms with van der Waals surface area (Å²) in [7, 11) is -2.19. The summed E-state index contributed by atoms with van der Waals surface area (Å²) in [6.07, 6.45) is 3.38. The first-order valence-corrected chi connectivity index (χ1v) is 17.5. The Balaban J connectivity index is 2.42. The summed E-state index contributed by atoms with van der Waals surface area (Å²) < 4.78 is 32.4. The second-order valence-electron chi connectivity index (χ2n) is 10.6. The molecule has 9 nitrogen and oxygen atoms in total. The van der Waals surface area contributed by atoms with Crippen LogP contribution < -0.4 is 15.8 Å². The smallest absolute Gasteiger partial charge is 0.246 e. The molecule has 0 radical (unpaired) electrons. The molecule has 2 amide bonds. The molecule has 0 heterocycles. The first kappa shape index (κ1) is 35.6. The van der Waals surface area contributed by atoms with Crippen LogP contribution in [-0.2, 0) is 32.4 Å². The highest BCUT2D eigenvalue weighted by Gasteiger charge is 2.35. The van der Waals surface area contributed by atoms with Crippen LogP contribution in [0.3, 0.4) is 0 Å². The fourth-order valence-corrected chi connectivity index (χ4v) is 7.38. The predicted molar refractivity (Wildman–Crippen MR) is 170 cm³/mol. The molecular weight excluding hydrogens is 574 g/mol. The van der Waals surface area contributed by atoms with Gasteiger partial charge >= 0.3 is 0 Å². The van der Waals surface area contributed by atoms with Gasteiger partial charge < -0.3 is 25.8 Å². The standard InChI is InChI=1S/C31H47N3O6S2/c1-5-11-26(12-6-2)42(38,39)22-28(33-30(36)21-41-4)31(37)34(19-24-15-10-16-25(17-24)40-3)20-29(35)27(32)18-23-13-8-7-9-14-23/h7-10,13-17,26-29,35H,5-6,11-12,18-22,32H2,1-4H3,(H,33,36)/t27-,28-,29+/m0/s1. The Morgan fingerprint density at radius 3 is 2.29 bits per heavy atom. The van der Waals surface area contributed by atoms with Gasteiger partial charge in [0, 0.05) is 19.1 Å². The highest BCUT2D eigenvalue weighted by atomic mass is 32.2. The molecule has 0 aliphatic rings. The van der Waals surface area contributed by atoms with Crippen molar-refractivity contribution in [3.63, 3.8) is 0 Å². The van der Waals surface area contributed by atoms with E-state index in [1.165, 1.54) is 16.7 Å². The van der Waals surface area contributed by atoms with E-state index in [0.717, 1.165) is 11.1 Å². The van der Waals surface area contributed by atoms with Gasteiger partial charge in [-0.2, -0.15) is 11.8 Å². The van der Waals surface area contributed by atoms with Crippen molar-refractivity contribution in [3.05, 3.63) is 65.7 Å². The van der Waals surface area contributed by atoms with E-state index in [9.17, 15) is 23.1 Å². The van der Waals surface area contributed by atoms with Gasteiger partial charge in [-0.25, -0.2) is 8.42 Å². The Kier molecular flexibility index (Phi) is 15.4. The molecule has 2 aromatic rings. The zero-order valence-electron chi connectivity index (χ0n) is 25.2. The summed E-state index contributed by atoms with van der Waals surface area (Å²) in [5.41, 5.74) is 8.03. The molecule has 0 saturated heterocycles. The third-order valence-electron chi connectivity index (χ3n) is 7.07. The third kappa shape index (κ3) is 11.6. The second kappa shape index (κ2) is 18.1. The number of aliphatic hydroxyl groups excluding tert-OH is 1. The number of rotatable bonds is 19. The number of ether oxygens (including phenoxy) is 1. The maximum Gasteiger partial charge on any atom is 0.246 e. The fourth-order valence-electron chi connectivity index (χ4n) is 4.89. The van der Waals surface area contributed by atoms with E-state index in [0.29, 0.717) is 37.9 Å². The molecule has 0 aromatic heterocycles. The molecule has 4 N–H and O–H groups in total. The van der Waals surface area contributed by atoms with Crippen molar-refractivity contribution in [1.82, 2.24) is 10.2 Å². The lowest BCUT2D eigenvalue weighted by Gasteiger charge is -2.32. The first-order valence-electron chi connectivity index (χ1n) is 14.4. The molecule has 0 aliphatic carbocycles. The summed E-state index contributed by atoms with van der Waals surface area (Å²) in [6.45, 7) is 3.77. The van der Waals surface area contributed by atoms with Crippen LogP contribution >= 0.6 is 11.8 Å². The first-order chi connectivity index (χ1) is 20.0. The van der Waals surface area contributed by atoms with Gasteiger partial charge in [0.1, 0.15) is 11.8 Å². The van der Waals surface area contributed by atoms with Crippen molar-refractivity contribution in [1.29, 1.82) is 0 Å². The highest BCUT2D eigenvalue weighted by Crippen LogP contribution is 2.20. The van der Waals surface area contributed by atoms with Crippen molar-refractivity contribution in [2.24, 2.45) is 5.73 Å². The van der Waals surface area contributed by atoms with Gasteiger partial charge in [-0.15, -0.1) is 0 Å². The van der Waals surface area contributed by atoms with E-state index in [-0.39, 0.29) is 18.8 Å². The SMILES string of the molecule is CCCC(CCC)S(=O)(=O)C[C@H](NC(=O)CSC)C(=O)N(Cc1cccc(OC)c1)C[C@@H](O)[C@@H](N)Cc1ccccc1. The number of hydrogen-bond donors (Lipinski definition) is 3. The topological polar surface area (TPSA) is 139 Å². The predicted octanol–water partition coefficient (Wildman–Crippen LogP) is 3.19. The molecular formula is C31H47N3O6S2. The quantitative estimate of drug-likeness (QED) is 0.217. The number of sulfone groups is 1. The lowest BCUT2D eigenvalue weighted by molar-refractivity contribution is -0.137. The minimum Gasteiger partial charge on any atom is -0.497 e. The van der Waals surface area contributed by atoms with Gasteiger partial charge in [-0.3, -0.25) is 9.59 Å². The van der Waals surface area contributed by atoms with Crippen molar-refractivity contribution < 1.29 is 27.9 Å². The van der Waals surface area contributed by atoms with Gasteiger partial charge in [0.05, 0.1) is 30.0 Å². The van der Waals surface area contributed by atoms with Crippen LogP contribution in [0.4, 0.5) is 0 Å². The van der Waals surface area contributed by atoms with E-state index in [1.807, 2.05) is 50.2 Å². The van der Waals surface area contributed by atoms with Crippen LogP contribution in [0.1, 0.15) is 50.7 Å². The molecule has 0 unspecified atom stereocenters. The number of methoxy groups -OCH3 is 1. The Morgan fingerprint density at radius 1 is 1.05 bits per heavy atom. The number of nitrogens with zero attached hydrogens (tertiary/aromatic N) is 1. The van der Waals surface area contributed by atoms with Crippen LogP contribution in [0.25, 0.3) is 0 Å². The zero-order valence-corrected chi connectivity index (χ0v) is 26.8. The molecule has 3 atom stereocenters. The van der Waals surface area contributed by atoms with Gasteiger partial charge in [-0.1, -0.05) is 69.2 Å². The van der Waals surface area contributed by atoms with E-state index in [1.54, 1.807) is 31.6 Å². The Morgan fingerprint density at radius 2 is 1.69 bits per heavy atom. The third-order valence-corrected chi connectivity index (χ3v) is 9.91. The maximum absolute atomic E-state index is 14.1. The van der Waals surface area contributed by atoms with Crippen LogP contribution in [0.2, 0.25) is 0 Å². The van der Waals surface area contributed by atoms with Crippen LogP contribution in [0.5, 0.6) is 5.75 Å². The summed E-state index contributed by atoms with van der Waals surface area (Å²) >= 11 is 1.28. The van der Waals surface area contributed by atoms with E-state index >= 15 is 0 Å². The van der Waals surface area contributed by atoms with Gasteiger partial charge in [-0.05, 0) is 48.8 Å². The molecule has 0 bridgehead atoms. The van der Waals surface area contributed by atoms with Crippen LogP contribution in [-0.4, -0.2) is 85.1 Å². The minimum atomic E-state index is -3.73. The van der Waals surface area contributed by atoms with E-state index in [2.05, 4.69) is 5.32 Å². The van der Waals surface area contributed by atoms with Crippen molar-refractivity contribution in [2.75, 3.05) is 31.4 Å². The number of aliphatic hydroxyl groups is 1. The number of nitrogens with two attached hydrogens (primary N) is 1. The van der Waals surface area contributed by atoms with Crippen LogP contribution in [0.15, 0.2) is 54.6 Å². The number of nitrogens with one attached hydrogen (secondary N) is 1. The molecule has 2 aromatic carbocycles. The number of hydrogen-bond acceptors (Lipinski definition) is 8. The number of carbonyl (C=O) groups is 2. The molecule has 234 valence electrons. The van der Waals surface area contributed by atoms with Gasteiger partial charge in [0.2, 0.25) is 11.8 Å². The lowest BCUT2D eigenvalue weighted by atomic mass is 10.0. The molecule has 11 heteroatoms. The monoisotopic (exact) mass is 621 g/mol. The maximum atomic E-state index is 14.1. The molecule has 0 fully saturated rings. The molecule has 0 spiro atoms. The molecule has 42 heavy (non-hydrogen) atoms. The summed E-state index contributed by atoms with van der Waals surface area (Å²) in [6, 6.07) is 14.7. The van der Waals surface area contributed by atoms with Gasteiger partial charge in [0.15, 0.2) is 9.84 Å². The molecule has 0 aliphatic heterocycles. The lowest BCUT2D eigenvalue weighted by Crippen LogP contribution is -2.55. The summed E-state index contributed by atoms with van der Waals surface area (Å²) in [5, 5.41) is 13.2.